The van der Waals surface area contributed by atoms with Gasteiger partial charge in [-0.2, -0.15) is 0 Å². The molecule has 1 heterocycles. The highest BCUT2D eigenvalue weighted by molar-refractivity contribution is 7.22. The van der Waals surface area contributed by atoms with Gasteiger partial charge in [-0.05, 0) is 12.8 Å². The monoisotopic (exact) mass is 326 g/mol. The highest BCUT2D eigenvalue weighted by atomic mass is 35.5. The number of rotatable bonds is 4. The quantitative estimate of drug-likeness (QED) is 0.883. The van der Waals surface area contributed by atoms with Crippen LogP contribution in [-0.2, 0) is 0 Å². The fourth-order valence-corrected chi connectivity index (χ4v) is 4.24. The van der Waals surface area contributed by atoms with Crippen LogP contribution in [0.3, 0.4) is 0 Å². The van der Waals surface area contributed by atoms with Gasteiger partial charge in [0, 0.05) is 12.1 Å². The molecule has 1 saturated carbocycles. The molecule has 3 rings (SSSR count). The number of fused-ring (bicyclic) bond motifs is 1. The topological polar surface area (TPSA) is 43.4 Å². The molecule has 0 radical (unpaired) electrons. The Labute approximate surface area is 133 Å². The van der Waals surface area contributed by atoms with E-state index in [9.17, 15) is 0 Å². The number of aromatic nitrogens is 1. The Morgan fingerprint density at radius 2 is 2.00 bits per heavy atom. The number of thiazole rings is 1. The standard InChI is InChI=1S/C15H19ClN2O2S/c1-19-11-8-10(16)13(20-2)14-12(11)18-15(21-14)17-9-6-4-3-5-7-9/h8-9H,3-7H2,1-2H3,(H,17,18). The summed E-state index contributed by atoms with van der Waals surface area (Å²) in [6.07, 6.45) is 6.35. The molecule has 21 heavy (non-hydrogen) atoms. The van der Waals surface area contributed by atoms with Crippen molar-refractivity contribution in [3.63, 3.8) is 0 Å². The molecule has 0 unspecified atom stereocenters. The second-order valence-corrected chi connectivity index (χ2v) is 6.68. The van der Waals surface area contributed by atoms with Gasteiger partial charge in [-0.3, -0.25) is 0 Å². The van der Waals surface area contributed by atoms with E-state index >= 15 is 0 Å². The summed E-state index contributed by atoms with van der Waals surface area (Å²) in [6.45, 7) is 0. The molecule has 0 spiro atoms. The van der Waals surface area contributed by atoms with Crippen molar-refractivity contribution >= 4 is 38.3 Å². The van der Waals surface area contributed by atoms with Crippen LogP contribution in [0.25, 0.3) is 10.2 Å². The maximum absolute atomic E-state index is 6.24. The first kappa shape index (κ1) is 14.7. The first-order chi connectivity index (χ1) is 10.2. The molecule has 1 aromatic heterocycles. The summed E-state index contributed by atoms with van der Waals surface area (Å²) < 4.78 is 11.7. The summed E-state index contributed by atoms with van der Waals surface area (Å²) in [5.74, 6) is 1.35. The normalized spacial score (nSPS) is 16.1. The van der Waals surface area contributed by atoms with Crippen LogP contribution in [0.2, 0.25) is 5.02 Å². The summed E-state index contributed by atoms with van der Waals surface area (Å²) in [7, 11) is 3.26. The molecule has 2 aromatic rings. The van der Waals surface area contributed by atoms with E-state index in [0.29, 0.717) is 22.6 Å². The highest BCUT2D eigenvalue weighted by Crippen LogP contribution is 2.43. The lowest BCUT2D eigenvalue weighted by Crippen LogP contribution is -2.21. The predicted octanol–water partition coefficient (Wildman–Crippen LogP) is 4.71. The third kappa shape index (κ3) is 2.90. The van der Waals surface area contributed by atoms with E-state index in [-0.39, 0.29) is 0 Å². The largest absolute Gasteiger partial charge is 0.494 e. The van der Waals surface area contributed by atoms with Crippen molar-refractivity contribution in [2.75, 3.05) is 19.5 Å². The molecular weight excluding hydrogens is 308 g/mol. The average molecular weight is 327 g/mol. The number of hydrogen-bond donors (Lipinski definition) is 1. The van der Waals surface area contributed by atoms with E-state index in [0.717, 1.165) is 15.3 Å². The Hall–Kier alpha value is -1.20. The van der Waals surface area contributed by atoms with Crippen LogP contribution < -0.4 is 14.8 Å². The van der Waals surface area contributed by atoms with Gasteiger partial charge in [0.1, 0.15) is 16.0 Å². The van der Waals surface area contributed by atoms with Crippen LogP contribution in [0, 0.1) is 0 Å². The summed E-state index contributed by atoms with van der Waals surface area (Å²) >= 11 is 7.82. The van der Waals surface area contributed by atoms with Crippen molar-refractivity contribution < 1.29 is 9.47 Å². The Morgan fingerprint density at radius 3 is 2.67 bits per heavy atom. The van der Waals surface area contributed by atoms with Crippen molar-refractivity contribution in [3.8, 4) is 11.5 Å². The molecule has 4 nitrogen and oxygen atoms in total. The fraction of sp³-hybridized carbons (Fsp3) is 0.533. The van der Waals surface area contributed by atoms with E-state index in [1.54, 1.807) is 31.6 Å². The molecule has 0 bridgehead atoms. The third-order valence-corrected chi connectivity index (χ3v) is 5.16. The van der Waals surface area contributed by atoms with Crippen LogP contribution in [0.15, 0.2) is 6.07 Å². The summed E-state index contributed by atoms with van der Waals surface area (Å²) in [5, 5.41) is 5.01. The zero-order valence-electron chi connectivity index (χ0n) is 12.2. The predicted molar refractivity (Wildman–Crippen MR) is 88.2 cm³/mol. The lowest BCUT2D eigenvalue weighted by atomic mass is 9.96. The number of anilines is 1. The van der Waals surface area contributed by atoms with Gasteiger partial charge in [-0.15, -0.1) is 0 Å². The number of benzene rings is 1. The number of nitrogens with one attached hydrogen (secondary N) is 1. The van der Waals surface area contributed by atoms with Gasteiger partial charge < -0.3 is 14.8 Å². The van der Waals surface area contributed by atoms with Gasteiger partial charge in [0.2, 0.25) is 0 Å². The highest BCUT2D eigenvalue weighted by Gasteiger charge is 2.19. The average Bonchev–Trinajstić information content (AvgIpc) is 2.90. The minimum absolute atomic E-state index is 0.520. The molecule has 1 N–H and O–H groups in total. The van der Waals surface area contributed by atoms with Crippen molar-refractivity contribution in [2.24, 2.45) is 0 Å². The van der Waals surface area contributed by atoms with Gasteiger partial charge in [0.25, 0.3) is 0 Å². The number of methoxy groups -OCH3 is 2. The number of halogens is 1. The summed E-state index contributed by atoms with van der Waals surface area (Å²) in [6, 6.07) is 2.28. The summed E-state index contributed by atoms with van der Waals surface area (Å²) in [4.78, 5) is 4.67. The second kappa shape index (κ2) is 6.28. The van der Waals surface area contributed by atoms with E-state index in [1.165, 1.54) is 32.1 Å². The molecule has 0 amide bonds. The Morgan fingerprint density at radius 1 is 1.24 bits per heavy atom. The molecular formula is C15H19ClN2O2S. The molecule has 6 heteroatoms. The molecule has 0 saturated heterocycles. The number of hydrogen-bond acceptors (Lipinski definition) is 5. The molecule has 1 aliphatic carbocycles. The van der Waals surface area contributed by atoms with Crippen molar-refractivity contribution in [2.45, 2.75) is 38.1 Å². The van der Waals surface area contributed by atoms with E-state index in [4.69, 9.17) is 21.1 Å². The first-order valence-corrected chi connectivity index (χ1v) is 8.40. The van der Waals surface area contributed by atoms with E-state index in [1.807, 2.05) is 0 Å². The van der Waals surface area contributed by atoms with Gasteiger partial charge in [-0.25, -0.2) is 4.98 Å². The Balaban J connectivity index is 1.97. The zero-order valence-corrected chi connectivity index (χ0v) is 13.8. The van der Waals surface area contributed by atoms with Crippen LogP contribution in [0.5, 0.6) is 11.5 Å². The maximum Gasteiger partial charge on any atom is 0.184 e. The van der Waals surface area contributed by atoms with E-state index < -0.39 is 0 Å². The van der Waals surface area contributed by atoms with Crippen molar-refractivity contribution in [3.05, 3.63) is 11.1 Å². The lowest BCUT2D eigenvalue weighted by Gasteiger charge is -2.22. The maximum atomic E-state index is 6.24. The van der Waals surface area contributed by atoms with Gasteiger partial charge in [0.05, 0.1) is 19.2 Å². The van der Waals surface area contributed by atoms with Gasteiger partial charge in [0.15, 0.2) is 10.9 Å². The smallest absolute Gasteiger partial charge is 0.184 e. The minimum atomic E-state index is 0.520. The molecule has 0 aliphatic heterocycles. The van der Waals surface area contributed by atoms with Crippen molar-refractivity contribution in [1.29, 1.82) is 0 Å². The molecule has 1 aromatic carbocycles. The number of nitrogens with zero attached hydrogens (tertiary/aromatic N) is 1. The van der Waals surface area contributed by atoms with Gasteiger partial charge in [-0.1, -0.05) is 42.2 Å². The number of ether oxygens (including phenoxy) is 2. The SMILES string of the molecule is COc1cc(Cl)c(OC)c2sc(NC3CCCCC3)nc12. The van der Waals surface area contributed by atoms with Crippen molar-refractivity contribution in [1.82, 2.24) is 4.98 Å². The van der Waals surface area contributed by atoms with Crippen LogP contribution >= 0.6 is 22.9 Å². The summed E-state index contributed by atoms with van der Waals surface area (Å²) in [5.41, 5.74) is 0.807. The Kier molecular flexibility index (Phi) is 4.40. The van der Waals surface area contributed by atoms with E-state index in [2.05, 4.69) is 10.3 Å². The Bertz CT molecular complexity index is 638. The minimum Gasteiger partial charge on any atom is -0.494 e. The zero-order chi connectivity index (χ0) is 14.8. The van der Waals surface area contributed by atoms with Crippen LogP contribution in [0.1, 0.15) is 32.1 Å². The second-order valence-electron chi connectivity index (χ2n) is 5.27. The van der Waals surface area contributed by atoms with Crippen LogP contribution in [0.4, 0.5) is 5.13 Å². The molecule has 1 aliphatic rings. The third-order valence-electron chi connectivity index (χ3n) is 3.90. The van der Waals surface area contributed by atoms with Gasteiger partial charge >= 0.3 is 0 Å². The fourth-order valence-electron chi connectivity index (χ4n) is 2.83. The molecule has 0 atom stereocenters. The molecule has 114 valence electrons. The molecule has 1 fully saturated rings. The first-order valence-electron chi connectivity index (χ1n) is 7.20. The lowest BCUT2D eigenvalue weighted by molar-refractivity contribution is 0.410. The van der Waals surface area contributed by atoms with Crippen LogP contribution in [-0.4, -0.2) is 25.2 Å².